The molecule has 2 heterocycles. The highest BCUT2D eigenvalue weighted by Gasteiger charge is 2.39. The van der Waals surface area contributed by atoms with Crippen LogP contribution in [0.1, 0.15) is 17.2 Å². The van der Waals surface area contributed by atoms with Crippen LogP contribution in [0.25, 0.3) is 0 Å². The lowest BCUT2D eigenvalue weighted by Crippen LogP contribution is -2.39. The predicted molar refractivity (Wildman–Crippen MR) is 80.1 cm³/mol. The summed E-state index contributed by atoms with van der Waals surface area (Å²) < 4.78 is 39.4. The Morgan fingerprint density at radius 1 is 1.21 bits per heavy atom. The van der Waals surface area contributed by atoms with E-state index < -0.39 is 12.0 Å². The molecule has 0 fully saturated rings. The van der Waals surface area contributed by atoms with Gasteiger partial charge in [0.1, 0.15) is 5.82 Å². The van der Waals surface area contributed by atoms with Gasteiger partial charge in [0.15, 0.2) is 0 Å². The summed E-state index contributed by atoms with van der Waals surface area (Å²) in [7, 11) is 0. The summed E-state index contributed by atoms with van der Waals surface area (Å²) in [5.41, 5.74) is 1.77. The number of carbonyl (C=O) groups excluding carboxylic acids is 1. The number of fused-ring (bicyclic) bond motifs is 1. The molecule has 1 aromatic heterocycles. The Morgan fingerprint density at radius 3 is 2.58 bits per heavy atom. The molecule has 3 rings (SSSR count). The van der Waals surface area contributed by atoms with Crippen LogP contribution in [-0.4, -0.2) is 38.7 Å². The minimum atomic E-state index is -4.52. The van der Waals surface area contributed by atoms with Gasteiger partial charge in [0.2, 0.25) is 11.7 Å². The Hall–Kier alpha value is -2.42. The zero-order valence-corrected chi connectivity index (χ0v) is 13.0. The Bertz CT molecular complexity index is 739. The van der Waals surface area contributed by atoms with Crippen molar-refractivity contribution in [3.05, 3.63) is 41.5 Å². The zero-order valence-electron chi connectivity index (χ0n) is 13.0. The van der Waals surface area contributed by atoms with Crippen LogP contribution in [-0.2, 0) is 24.1 Å². The maximum absolute atomic E-state index is 12.8. The maximum atomic E-state index is 12.8. The molecule has 1 aromatic carbocycles. The van der Waals surface area contributed by atoms with Gasteiger partial charge in [0.25, 0.3) is 0 Å². The molecule has 0 aliphatic carbocycles. The van der Waals surface area contributed by atoms with Gasteiger partial charge < -0.3 is 9.88 Å². The van der Waals surface area contributed by atoms with E-state index in [9.17, 15) is 18.0 Å². The first-order chi connectivity index (χ1) is 11.3. The summed E-state index contributed by atoms with van der Waals surface area (Å²) in [5.74, 6) is -0.985. The maximum Gasteiger partial charge on any atom is 0.451 e. The highest BCUT2D eigenvalue weighted by molar-refractivity contribution is 5.92. The van der Waals surface area contributed by atoms with Gasteiger partial charge in [-0.25, -0.2) is 0 Å². The molecule has 0 saturated carbocycles. The summed E-state index contributed by atoms with van der Waals surface area (Å²) >= 11 is 0. The lowest BCUT2D eigenvalue weighted by molar-refractivity contribution is -0.148. The van der Waals surface area contributed by atoms with Crippen LogP contribution in [0.5, 0.6) is 0 Å². The molecule has 0 radical (unpaired) electrons. The lowest BCUT2D eigenvalue weighted by Gasteiger charge is -2.27. The van der Waals surface area contributed by atoms with E-state index in [-0.39, 0.29) is 31.4 Å². The van der Waals surface area contributed by atoms with Gasteiger partial charge in [-0.05, 0) is 19.1 Å². The van der Waals surface area contributed by atoms with E-state index in [0.717, 1.165) is 10.1 Å². The molecular weight excluding hydrogens is 323 g/mol. The van der Waals surface area contributed by atoms with Crippen molar-refractivity contribution in [2.24, 2.45) is 0 Å². The van der Waals surface area contributed by atoms with Crippen molar-refractivity contribution in [1.82, 2.24) is 19.7 Å². The Morgan fingerprint density at radius 2 is 1.92 bits per heavy atom. The fraction of sp³-hybridized carbons (Fsp3) is 0.400. The fourth-order valence-corrected chi connectivity index (χ4v) is 2.59. The Labute approximate surface area is 136 Å². The van der Waals surface area contributed by atoms with Crippen molar-refractivity contribution >= 4 is 11.6 Å². The van der Waals surface area contributed by atoms with Crippen LogP contribution in [0.15, 0.2) is 24.3 Å². The molecule has 1 N–H and O–H groups in total. The van der Waals surface area contributed by atoms with E-state index in [1.807, 2.05) is 19.1 Å². The van der Waals surface area contributed by atoms with E-state index >= 15 is 0 Å². The molecular formula is C15H16F3N5O. The van der Waals surface area contributed by atoms with Crippen molar-refractivity contribution in [3.63, 3.8) is 0 Å². The summed E-state index contributed by atoms with van der Waals surface area (Å²) in [6, 6.07) is 7.38. The number of nitrogens with one attached hydrogen (secondary N) is 1. The smallest absolute Gasteiger partial charge is 0.325 e. The second-order valence-electron chi connectivity index (χ2n) is 5.71. The number of aromatic nitrogens is 3. The van der Waals surface area contributed by atoms with Gasteiger partial charge >= 0.3 is 6.18 Å². The Kier molecular flexibility index (Phi) is 4.27. The SMILES string of the molecule is Cc1ccc(NC(=O)CN2CCn3c(nnc3C(F)(F)F)C2)cc1. The number of aryl methyl sites for hydroxylation is 1. The normalized spacial score (nSPS) is 15.2. The second kappa shape index (κ2) is 6.23. The van der Waals surface area contributed by atoms with Crippen molar-refractivity contribution < 1.29 is 18.0 Å². The first-order valence-electron chi connectivity index (χ1n) is 7.41. The average Bonchev–Trinajstić information content (AvgIpc) is 2.93. The molecule has 0 spiro atoms. The number of alkyl halides is 3. The third-order valence-electron chi connectivity index (χ3n) is 3.79. The molecule has 6 nitrogen and oxygen atoms in total. The van der Waals surface area contributed by atoms with E-state index in [0.29, 0.717) is 12.2 Å². The quantitative estimate of drug-likeness (QED) is 0.930. The molecule has 1 amide bonds. The minimum absolute atomic E-state index is 0.0854. The van der Waals surface area contributed by atoms with Crippen LogP contribution in [0.2, 0.25) is 0 Å². The van der Waals surface area contributed by atoms with Crippen LogP contribution < -0.4 is 5.32 Å². The first-order valence-corrected chi connectivity index (χ1v) is 7.41. The second-order valence-corrected chi connectivity index (χ2v) is 5.71. The van der Waals surface area contributed by atoms with Gasteiger partial charge in [0.05, 0.1) is 13.1 Å². The van der Waals surface area contributed by atoms with Gasteiger partial charge in [-0.3, -0.25) is 9.69 Å². The molecule has 1 aliphatic heterocycles. The number of hydrogen-bond acceptors (Lipinski definition) is 4. The highest BCUT2D eigenvalue weighted by Crippen LogP contribution is 2.29. The number of benzene rings is 1. The summed E-state index contributed by atoms with van der Waals surface area (Å²) in [6.07, 6.45) is -4.52. The highest BCUT2D eigenvalue weighted by atomic mass is 19.4. The minimum Gasteiger partial charge on any atom is -0.325 e. The average molecular weight is 339 g/mol. The third kappa shape index (κ3) is 3.56. The number of rotatable bonds is 3. The number of anilines is 1. The number of halogens is 3. The van der Waals surface area contributed by atoms with E-state index in [1.54, 1.807) is 17.0 Å². The molecule has 9 heteroatoms. The van der Waals surface area contributed by atoms with Crippen LogP contribution >= 0.6 is 0 Å². The molecule has 24 heavy (non-hydrogen) atoms. The molecule has 0 bridgehead atoms. The Balaban J connectivity index is 1.61. The van der Waals surface area contributed by atoms with Crippen molar-refractivity contribution in [2.45, 2.75) is 26.2 Å². The van der Waals surface area contributed by atoms with Crippen molar-refractivity contribution in [3.8, 4) is 0 Å². The predicted octanol–water partition coefficient (Wildman–Crippen LogP) is 2.06. The van der Waals surface area contributed by atoms with Gasteiger partial charge in [0, 0.05) is 18.8 Å². The van der Waals surface area contributed by atoms with E-state index in [1.165, 1.54) is 0 Å². The zero-order chi connectivity index (χ0) is 17.3. The number of amides is 1. The topological polar surface area (TPSA) is 63.1 Å². The molecule has 128 valence electrons. The van der Waals surface area contributed by atoms with Crippen molar-refractivity contribution in [2.75, 3.05) is 18.4 Å². The number of nitrogens with zero attached hydrogens (tertiary/aromatic N) is 4. The number of carbonyl (C=O) groups is 1. The van der Waals surface area contributed by atoms with Crippen LogP contribution in [0.4, 0.5) is 18.9 Å². The third-order valence-corrected chi connectivity index (χ3v) is 3.79. The fourth-order valence-electron chi connectivity index (χ4n) is 2.59. The summed E-state index contributed by atoms with van der Waals surface area (Å²) in [5, 5.41) is 9.58. The largest absolute Gasteiger partial charge is 0.451 e. The molecule has 2 aromatic rings. The van der Waals surface area contributed by atoms with Crippen molar-refractivity contribution in [1.29, 1.82) is 0 Å². The van der Waals surface area contributed by atoms with E-state index in [2.05, 4.69) is 15.5 Å². The van der Waals surface area contributed by atoms with Gasteiger partial charge in [-0.1, -0.05) is 17.7 Å². The summed E-state index contributed by atoms with van der Waals surface area (Å²) in [4.78, 5) is 13.8. The number of hydrogen-bond donors (Lipinski definition) is 1. The first kappa shape index (κ1) is 16.4. The molecule has 0 saturated heterocycles. The van der Waals surface area contributed by atoms with E-state index in [4.69, 9.17) is 0 Å². The lowest BCUT2D eigenvalue weighted by atomic mass is 10.2. The monoisotopic (exact) mass is 339 g/mol. The standard InChI is InChI=1S/C15H16F3N5O/c1-10-2-4-11(5-3-10)19-13(24)9-22-6-7-23-12(8-22)20-21-14(23)15(16,17)18/h2-5H,6-9H2,1H3,(H,19,24). The van der Waals surface area contributed by atoms with Crippen LogP contribution in [0, 0.1) is 6.92 Å². The summed E-state index contributed by atoms with van der Waals surface area (Å²) in [6.45, 7) is 2.63. The molecule has 0 atom stereocenters. The molecule has 0 unspecified atom stereocenters. The van der Waals surface area contributed by atoms with Crippen LogP contribution in [0.3, 0.4) is 0 Å². The van der Waals surface area contributed by atoms with Gasteiger partial charge in [-0.15, -0.1) is 10.2 Å². The molecule has 1 aliphatic rings. The van der Waals surface area contributed by atoms with Gasteiger partial charge in [-0.2, -0.15) is 13.2 Å².